The first-order valence-electron chi connectivity index (χ1n) is 4.12. The molecule has 0 N–H and O–H groups in total. The average molecular weight is 262 g/mol. The molecule has 0 saturated heterocycles. The lowest BCUT2D eigenvalue weighted by Crippen LogP contribution is -2.26. The van der Waals surface area contributed by atoms with Gasteiger partial charge in [0, 0.05) is 6.42 Å². The highest BCUT2D eigenvalue weighted by Gasteiger charge is 2.79. The van der Waals surface area contributed by atoms with Gasteiger partial charge in [0.1, 0.15) is 4.87 Å². The van der Waals surface area contributed by atoms with Crippen LogP contribution in [0, 0.1) is 5.41 Å². The smallest absolute Gasteiger partial charge is 0.192 e. The van der Waals surface area contributed by atoms with E-state index in [0.717, 1.165) is 19.3 Å². The van der Waals surface area contributed by atoms with E-state index in [0.29, 0.717) is 0 Å². The Morgan fingerprint density at radius 3 is 2.08 bits per heavy atom. The van der Waals surface area contributed by atoms with E-state index >= 15 is 0 Å². The molecule has 2 rings (SSSR count). The van der Waals surface area contributed by atoms with Crippen LogP contribution in [0.5, 0.6) is 0 Å². The number of alkyl halides is 4. The lowest BCUT2D eigenvalue weighted by atomic mass is 9.79. The number of carbonyl (C=O) groups excluding carboxylic acids is 1. The van der Waals surface area contributed by atoms with Gasteiger partial charge in [0.05, 0.1) is 5.41 Å². The molecule has 0 radical (unpaired) electrons. The first-order valence-corrected chi connectivity index (χ1v) is 5.64. The molecule has 2 aliphatic rings. The number of carbonyl (C=O) groups is 1. The predicted molar refractivity (Wildman–Crippen MR) is 54.8 cm³/mol. The van der Waals surface area contributed by atoms with E-state index in [1.54, 1.807) is 0 Å². The highest BCUT2D eigenvalue weighted by molar-refractivity contribution is 6.68. The first-order chi connectivity index (χ1) is 5.82. The maximum Gasteiger partial charge on any atom is 0.192 e. The largest absolute Gasteiger partial charge is 0.297 e. The number of hydrogen-bond donors (Lipinski definition) is 0. The Labute approximate surface area is 96.7 Å². The van der Waals surface area contributed by atoms with Crippen molar-refractivity contribution in [3.63, 3.8) is 0 Å². The molecule has 0 aromatic rings. The van der Waals surface area contributed by atoms with Crippen molar-refractivity contribution in [3.8, 4) is 0 Å². The summed E-state index contributed by atoms with van der Waals surface area (Å²) >= 11 is 23.0. The number of halogens is 4. The lowest BCUT2D eigenvalue weighted by molar-refractivity contribution is -0.114. The zero-order valence-electron chi connectivity index (χ0n) is 6.75. The molecule has 1 unspecified atom stereocenters. The molecule has 0 bridgehead atoms. The highest BCUT2D eigenvalue weighted by atomic mass is 35.6. The second kappa shape index (κ2) is 2.69. The third kappa shape index (κ3) is 1.31. The van der Waals surface area contributed by atoms with E-state index in [9.17, 15) is 4.79 Å². The molecule has 1 atom stereocenters. The van der Waals surface area contributed by atoms with Gasteiger partial charge in [-0.2, -0.15) is 0 Å². The minimum Gasteiger partial charge on any atom is -0.297 e. The summed E-state index contributed by atoms with van der Waals surface area (Å²) in [5.74, 6) is 0.0687. The number of hydrogen-bond acceptors (Lipinski definition) is 1. The van der Waals surface area contributed by atoms with Crippen molar-refractivity contribution in [2.75, 3.05) is 0 Å². The standard InChI is InChI=1S/C8H8Cl4O/c9-7(4-8(10,11)12)5(13)6(7)2-1-3-6/h1-4H2. The second-order valence-corrected chi connectivity index (χ2v) is 7.02. The van der Waals surface area contributed by atoms with E-state index in [4.69, 9.17) is 46.4 Å². The third-order valence-electron chi connectivity index (χ3n) is 3.14. The Morgan fingerprint density at radius 2 is 1.85 bits per heavy atom. The van der Waals surface area contributed by atoms with Crippen molar-refractivity contribution in [1.29, 1.82) is 0 Å². The lowest BCUT2D eigenvalue weighted by Gasteiger charge is -2.28. The Kier molecular flexibility index (Phi) is 2.14. The topological polar surface area (TPSA) is 17.1 Å². The highest BCUT2D eigenvalue weighted by Crippen LogP contribution is 2.71. The van der Waals surface area contributed by atoms with Crippen LogP contribution in [0.25, 0.3) is 0 Å². The van der Waals surface area contributed by atoms with E-state index in [-0.39, 0.29) is 17.6 Å². The maximum absolute atomic E-state index is 11.5. The average Bonchev–Trinajstić information content (AvgIpc) is 2.23. The van der Waals surface area contributed by atoms with Crippen LogP contribution in [0.3, 0.4) is 0 Å². The Bertz CT molecular complexity index is 266. The summed E-state index contributed by atoms with van der Waals surface area (Å²) in [6.07, 6.45) is 2.90. The van der Waals surface area contributed by atoms with Gasteiger partial charge in [0.2, 0.25) is 0 Å². The number of Topliss-reactive ketones (excluding diaryl/α,β-unsaturated/α-hetero) is 1. The van der Waals surface area contributed by atoms with Crippen LogP contribution in [0.1, 0.15) is 25.7 Å². The van der Waals surface area contributed by atoms with E-state index in [2.05, 4.69) is 0 Å². The van der Waals surface area contributed by atoms with Gasteiger partial charge in [-0.05, 0) is 12.8 Å². The molecule has 0 aliphatic heterocycles. The quantitative estimate of drug-likeness (QED) is 0.661. The van der Waals surface area contributed by atoms with Crippen LogP contribution in [0.2, 0.25) is 0 Å². The molecular weight excluding hydrogens is 254 g/mol. The summed E-state index contributed by atoms with van der Waals surface area (Å²) < 4.78 is -1.42. The fourth-order valence-electron chi connectivity index (χ4n) is 2.18. The molecule has 0 heterocycles. The van der Waals surface area contributed by atoms with Crippen molar-refractivity contribution >= 4 is 52.2 Å². The Morgan fingerprint density at radius 1 is 1.31 bits per heavy atom. The van der Waals surface area contributed by atoms with Crippen LogP contribution in [0.15, 0.2) is 0 Å². The first kappa shape index (κ1) is 10.4. The Hall–Kier alpha value is 0.830. The van der Waals surface area contributed by atoms with Crippen molar-refractivity contribution in [2.45, 2.75) is 34.3 Å². The third-order valence-corrected chi connectivity index (χ3v) is 4.21. The Balaban J connectivity index is 2.12. The van der Waals surface area contributed by atoms with E-state index < -0.39 is 8.67 Å². The number of ketones is 1. The molecule has 1 spiro atoms. The molecule has 0 amide bonds. The zero-order chi connectivity index (χ0) is 9.91. The van der Waals surface area contributed by atoms with Crippen LogP contribution in [-0.2, 0) is 4.79 Å². The van der Waals surface area contributed by atoms with Crippen LogP contribution >= 0.6 is 46.4 Å². The van der Waals surface area contributed by atoms with Gasteiger partial charge < -0.3 is 0 Å². The predicted octanol–water partition coefficient (Wildman–Crippen LogP) is 3.48. The maximum atomic E-state index is 11.5. The van der Waals surface area contributed by atoms with Gasteiger partial charge in [-0.25, -0.2) is 0 Å². The molecule has 74 valence electrons. The summed E-state index contributed by atoms with van der Waals surface area (Å²) in [6, 6.07) is 0. The van der Waals surface area contributed by atoms with Gasteiger partial charge in [-0.3, -0.25) is 4.79 Å². The van der Waals surface area contributed by atoms with Crippen LogP contribution < -0.4 is 0 Å². The van der Waals surface area contributed by atoms with Crippen LogP contribution in [-0.4, -0.2) is 14.4 Å². The van der Waals surface area contributed by atoms with Crippen molar-refractivity contribution in [3.05, 3.63) is 0 Å². The minimum absolute atomic E-state index is 0.0687. The second-order valence-electron chi connectivity index (χ2n) is 3.86. The van der Waals surface area contributed by atoms with Gasteiger partial charge >= 0.3 is 0 Å². The molecular formula is C8H8Cl4O. The molecule has 13 heavy (non-hydrogen) atoms. The molecule has 0 aromatic carbocycles. The molecule has 2 saturated carbocycles. The van der Waals surface area contributed by atoms with Crippen molar-refractivity contribution in [1.82, 2.24) is 0 Å². The van der Waals surface area contributed by atoms with E-state index in [1.165, 1.54) is 0 Å². The fraction of sp³-hybridized carbons (Fsp3) is 0.875. The minimum atomic E-state index is -1.42. The van der Waals surface area contributed by atoms with Gasteiger partial charge in [-0.15, -0.1) is 11.6 Å². The monoisotopic (exact) mass is 260 g/mol. The van der Waals surface area contributed by atoms with Crippen molar-refractivity contribution in [2.24, 2.45) is 5.41 Å². The fourth-order valence-corrected chi connectivity index (χ4v) is 3.60. The van der Waals surface area contributed by atoms with E-state index in [1.807, 2.05) is 0 Å². The normalized spacial score (nSPS) is 36.2. The SMILES string of the molecule is O=C1C(Cl)(CC(Cl)(Cl)Cl)C12CCC2. The molecule has 5 heteroatoms. The zero-order valence-corrected chi connectivity index (χ0v) is 9.77. The van der Waals surface area contributed by atoms with Crippen LogP contribution in [0.4, 0.5) is 0 Å². The molecule has 2 fully saturated rings. The summed E-state index contributed by atoms with van der Waals surface area (Å²) in [5.41, 5.74) is -0.335. The summed E-state index contributed by atoms with van der Waals surface area (Å²) in [4.78, 5) is 10.6. The summed E-state index contributed by atoms with van der Waals surface area (Å²) in [6.45, 7) is 0. The summed E-state index contributed by atoms with van der Waals surface area (Å²) in [7, 11) is 0. The molecule has 1 nitrogen and oxygen atoms in total. The van der Waals surface area contributed by atoms with Crippen molar-refractivity contribution < 1.29 is 4.79 Å². The van der Waals surface area contributed by atoms with Gasteiger partial charge in [0.15, 0.2) is 9.58 Å². The number of rotatable bonds is 1. The van der Waals surface area contributed by atoms with Gasteiger partial charge in [0.25, 0.3) is 0 Å². The summed E-state index contributed by atoms with van der Waals surface area (Å²) in [5, 5.41) is 0. The van der Waals surface area contributed by atoms with Gasteiger partial charge in [-0.1, -0.05) is 41.2 Å². The molecule has 0 aromatic heterocycles. The molecule has 2 aliphatic carbocycles.